The highest BCUT2D eigenvalue weighted by Crippen LogP contribution is 2.21. The van der Waals surface area contributed by atoms with Crippen molar-refractivity contribution in [3.05, 3.63) is 65.5 Å². The lowest BCUT2D eigenvalue weighted by Gasteiger charge is -2.36. The number of anilines is 1. The zero-order valence-electron chi connectivity index (χ0n) is 15.8. The highest BCUT2D eigenvalue weighted by molar-refractivity contribution is 6.01. The number of carbonyl (C=O) groups excluding carboxylic acids is 1. The fourth-order valence-corrected chi connectivity index (χ4v) is 3.16. The summed E-state index contributed by atoms with van der Waals surface area (Å²) in [5.41, 5.74) is 1.39. The first-order valence-electron chi connectivity index (χ1n) is 9.25. The summed E-state index contributed by atoms with van der Waals surface area (Å²) < 4.78 is 19.3. The minimum absolute atomic E-state index is 0.0866. The van der Waals surface area contributed by atoms with Crippen molar-refractivity contribution >= 4 is 17.7 Å². The quantitative estimate of drug-likeness (QED) is 0.590. The normalized spacial score (nSPS) is 14.5. The second-order valence-corrected chi connectivity index (χ2v) is 6.40. The highest BCUT2D eigenvalue weighted by Gasteiger charge is 2.24. The van der Waals surface area contributed by atoms with Crippen molar-refractivity contribution < 1.29 is 13.9 Å². The van der Waals surface area contributed by atoms with Crippen LogP contribution in [-0.2, 0) is 4.79 Å². The molecule has 6 heteroatoms. The van der Waals surface area contributed by atoms with Crippen molar-refractivity contribution in [3.8, 4) is 11.8 Å². The molecule has 2 aromatic carbocycles. The Morgan fingerprint density at radius 3 is 2.43 bits per heavy atom. The van der Waals surface area contributed by atoms with Gasteiger partial charge in [0.05, 0.1) is 12.3 Å². The summed E-state index contributed by atoms with van der Waals surface area (Å²) in [6.07, 6.45) is 1.58. The van der Waals surface area contributed by atoms with Gasteiger partial charge in [0.1, 0.15) is 23.2 Å². The first-order valence-corrected chi connectivity index (χ1v) is 9.25. The summed E-state index contributed by atoms with van der Waals surface area (Å²) in [6, 6.07) is 15.9. The van der Waals surface area contributed by atoms with E-state index in [2.05, 4.69) is 0 Å². The number of benzene rings is 2. The first-order chi connectivity index (χ1) is 13.6. The zero-order chi connectivity index (χ0) is 19.9. The van der Waals surface area contributed by atoms with Crippen LogP contribution in [0.25, 0.3) is 6.08 Å². The van der Waals surface area contributed by atoms with Crippen LogP contribution in [0.3, 0.4) is 0 Å². The summed E-state index contributed by atoms with van der Waals surface area (Å²) in [7, 11) is 0. The summed E-state index contributed by atoms with van der Waals surface area (Å²) in [6.45, 7) is 4.41. The van der Waals surface area contributed by atoms with Crippen molar-refractivity contribution in [2.75, 3.05) is 37.7 Å². The average Bonchev–Trinajstić information content (AvgIpc) is 2.73. The third-order valence-corrected chi connectivity index (χ3v) is 4.61. The molecule has 1 heterocycles. The van der Waals surface area contributed by atoms with E-state index in [1.807, 2.05) is 42.2 Å². The van der Waals surface area contributed by atoms with Crippen LogP contribution in [0.4, 0.5) is 10.1 Å². The number of halogens is 1. The van der Waals surface area contributed by atoms with Crippen LogP contribution in [-0.4, -0.2) is 43.6 Å². The Balaban J connectivity index is 1.66. The number of piperazine rings is 1. The van der Waals surface area contributed by atoms with Gasteiger partial charge >= 0.3 is 0 Å². The molecule has 1 aliphatic rings. The van der Waals surface area contributed by atoms with Crippen molar-refractivity contribution in [2.24, 2.45) is 0 Å². The predicted octanol–water partition coefficient (Wildman–Crippen LogP) is 3.48. The van der Waals surface area contributed by atoms with E-state index < -0.39 is 0 Å². The maximum atomic E-state index is 13.9. The molecule has 3 rings (SSSR count). The molecule has 5 nitrogen and oxygen atoms in total. The number of ether oxygens (including phenoxy) is 1. The number of amides is 1. The first kappa shape index (κ1) is 19.4. The Kier molecular flexibility index (Phi) is 6.28. The minimum atomic E-state index is -0.301. The molecule has 1 amide bonds. The largest absolute Gasteiger partial charge is 0.494 e. The number of hydrogen-bond acceptors (Lipinski definition) is 4. The van der Waals surface area contributed by atoms with Crippen LogP contribution in [0.15, 0.2) is 54.1 Å². The Morgan fingerprint density at radius 2 is 1.82 bits per heavy atom. The van der Waals surface area contributed by atoms with Crippen LogP contribution in [0.5, 0.6) is 5.75 Å². The Bertz CT molecular complexity index is 895. The summed E-state index contributed by atoms with van der Waals surface area (Å²) >= 11 is 0. The van der Waals surface area contributed by atoms with E-state index in [9.17, 15) is 14.4 Å². The van der Waals surface area contributed by atoms with E-state index in [0.29, 0.717) is 38.5 Å². The number of rotatable bonds is 5. The zero-order valence-corrected chi connectivity index (χ0v) is 15.8. The number of hydrogen-bond donors (Lipinski definition) is 0. The van der Waals surface area contributed by atoms with E-state index in [-0.39, 0.29) is 17.3 Å². The maximum Gasteiger partial charge on any atom is 0.264 e. The molecule has 0 atom stereocenters. The topological polar surface area (TPSA) is 56.6 Å². The number of carbonyl (C=O) groups is 1. The number of nitrogens with zero attached hydrogens (tertiary/aromatic N) is 3. The van der Waals surface area contributed by atoms with E-state index in [0.717, 1.165) is 11.3 Å². The molecule has 0 bridgehead atoms. The van der Waals surface area contributed by atoms with Gasteiger partial charge in [-0.2, -0.15) is 5.26 Å². The molecule has 1 fully saturated rings. The van der Waals surface area contributed by atoms with Gasteiger partial charge in [-0.1, -0.05) is 24.3 Å². The molecule has 1 saturated heterocycles. The van der Waals surface area contributed by atoms with E-state index in [1.165, 1.54) is 6.07 Å². The second kappa shape index (κ2) is 9.05. The lowest BCUT2D eigenvalue weighted by atomic mass is 10.1. The van der Waals surface area contributed by atoms with E-state index >= 15 is 0 Å². The molecule has 0 radical (unpaired) electrons. The fraction of sp³-hybridized carbons (Fsp3) is 0.273. The molecule has 1 aliphatic heterocycles. The minimum Gasteiger partial charge on any atom is -0.494 e. The van der Waals surface area contributed by atoms with Crippen LogP contribution in [0, 0.1) is 17.1 Å². The summed E-state index contributed by atoms with van der Waals surface area (Å²) in [5.74, 6) is 0.175. The lowest BCUT2D eigenvalue weighted by molar-refractivity contribution is -0.126. The van der Waals surface area contributed by atoms with Gasteiger partial charge in [0.2, 0.25) is 0 Å². The molecule has 0 unspecified atom stereocenters. The molecular weight excluding hydrogens is 357 g/mol. The molecule has 2 aromatic rings. The van der Waals surface area contributed by atoms with Crippen LogP contribution < -0.4 is 9.64 Å². The van der Waals surface area contributed by atoms with Gasteiger partial charge in [-0.15, -0.1) is 0 Å². The monoisotopic (exact) mass is 379 g/mol. The Morgan fingerprint density at radius 1 is 1.14 bits per heavy atom. The number of nitriles is 1. The molecule has 144 valence electrons. The van der Waals surface area contributed by atoms with Crippen LogP contribution >= 0.6 is 0 Å². The molecule has 0 N–H and O–H groups in total. The van der Waals surface area contributed by atoms with Gasteiger partial charge in [-0.05, 0) is 42.8 Å². The van der Waals surface area contributed by atoms with Gasteiger partial charge in [0.25, 0.3) is 5.91 Å². The van der Waals surface area contributed by atoms with Crippen LogP contribution in [0.1, 0.15) is 12.5 Å². The van der Waals surface area contributed by atoms with E-state index in [1.54, 1.807) is 29.2 Å². The Hall–Kier alpha value is -3.33. The molecule has 0 aliphatic carbocycles. The van der Waals surface area contributed by atoms with Crippen molar-refractivity contribution in [2.45, 2.75) is 6.92 Å². The van der Waals surface area contributed by atoms with Crippen molar-refractivity contribution in [1.29, 1.82) is 5.26 Å². The molecular formula is C22H22FN3O2. The Labute approximate surface area is 164 Å². The number of para-hydroxylation sites is 1. The standard InChI is InChI=1S/C22H22FN3O2/c1-2-28-19-9-7-17(8-10-19)15-18(16-24)22(27)26-13-11-25(12-14-26)21-6-4-3-5-20(21)23/h3-10,15H,2,11-14H2,1H3/b18-15+. The molecule has 0 spiro atoms. The summed E-state index contributed by atoms with van der Waals surface area (Å²) in [5, 5.41) is 9.44. The third kappa shape index (κ3) is 4.49. The summed E-state index contributed by atoms with van der Waals surface area (Å²) in [4.78, 5) is 16.3. The smallest absolute Gasteiger partial charge is 0.264 e. The van der Waals surface area contributed by atoms with Crippen LogP contribution in [0.2, 0.25) is 0 Å². The SMILES string of the molecule is CCOc1ccc(/C=C(\C#N)C(=O)N2CCN(c3ccccc3F)CC2)cc1. The average molecular weight is 379 g/mol. The third-order valence-electron chi connectivity index (χ3n) is 4.61. The van der Waals surface area contributed by atoms with Crippen molar-refractivity contribution in [1.82, 2.24) is 4.90 Å². The second-order valence-electron chi connectivity index (χ2n) is 6.40. The fourth-order valence-electron chi connectivity index (χ4n) is 3.16. The van der Waals surface area contributed by atoms with Gasteiger partial charge in [-0.25, -0.2) is 4.39 Å². The predicted molar refractivity (Wildman–Crippen MR) is 106 cm³/mol. The highest BCUT2D eigenvalue weighted by atomic mass is 19.1. The lowest BCUT2D eigenvalue weighted by Crippen LogP contribution is -2.49. The van der Waals surface area contributed by atoms with Gasteiger partial charge < -0.3 is 14.5 Å². The molecule has 0 aromatic heterocycles. The molecule has 28 heavy (non-hydrogen) atoms. The van der Waals surface area contributed by atoms with Gasteiger partial charge in [-0.3, -0.25) is 4.79 Å². The van der Waals surface area contributed by atoms with Crippen molar-refractivity contribution in [3.63, 3.8) is 0 Å². The van der Waals surface area contributed by atoms with E-state index in [4.69, 9.17) is 4.74 Å². The van der Waals surface area contributed by atoms with Gasteiger partial charge in [0.15, 0.2) is 0 Å². The van der Waals surface area contributed by atoms with Gasteiger partial charge in [0, 0.05) is 26.2 Å². The maximum absolute atomic E-state index is 13.9. The molecule has 0 saturated carbocycles.